The number of aromatic carboxylic acids is 1. The molecule has 0 atom stereocenters. The van der Waals surface area contributed by atoms with E-state index < -0.39 is 32.9 Å². The van der Waals surface area contributed by atoms with Crippen molar-refractivity contribution in [2.24, 2.45) is 0 Å². The Kier molecular flexibility index (Phi) is 6.56. The van der Waals surface area contributed by atoms with Crippen LogP contribution in [-0.2, 0) is 21.3 Å². The maximum absolute atomic E-state index is 13.1. The molecule has 0 aliphatic heterocycles. The van der Waals surface area contributed by atoms with Crippen LogP contribution in [-0.4, -0.2) is 25.9 Å². The Morgan fingerprint density at radius 1 is 0.969 bits per heavy atom. The zero-order valence-electron chi connectivity index (χ0n) is 16.7. The molecule has 3 aromatic rings. The Hall–Kier alpha value is -3.37. The van der Waals surface area contributed by atoms with Crippen LogP contribution in [0.25, 0.3) is 11.1 Å². The standard InChI is InChI=1S/C22H18F3NO5S/c1-2-15-10-13-19(14-20(15)21(27)28)32(29,30)26(31-22(23,24)25)18-11-8-17(9-12-18)16-6-4-3-5-7-16/h3-14H,2H2,1H3,(H,27,28). The Morgan fingerprint density at radius 3 is 2.09 bits per heavy atom. The summed E-state index contributed by atoms with van der Waals surface area (Å²) in [4.78, 5) is 14.7. The van der Waals surface area contributed by atoms with Gasteiger partial charge in [0.1, 0.15) is 0 Å². The Bertz CT molecular complexity index is 1210. The van der Waals surface area contributed by atoms with Crippen LogP contribution in [0.2, 0.25) is 0 Å². The van der Waals surface area contributed by atoms with Crippen molar-refractivity contribution in [3.8, 4) is 11.1 Å². The van der Waals surface area contributed by atoms with Crippen molar-refractivity contribution in [1.82, 2.24) is 0 Å². The van der Waals surface area contributed by atoms with Gasteiger partial charge in [-0.1, -0.05) is 55.5 Å². The first kappa shape index (κ1) is 23.3. The van der Waals surface area contributed by atoms with E-state index in [1.807, 2.05) is 0 Å². The van der Waals surface area contributed by atoms with Gasteiger partial charge in [-0.05, 0) is 47.4 Å². The number of hydrogen-bond acceptors (Lipinski definition) is 4. The van der Waals surface area contributed by atoms with Crippen molar-refractivity contribution in [1.29, 1.82) is 0 Å². The number of alkyl halides is 3. The molecule has 0 radical (unpaired) electrons. The van der Waals surface area contributed by atoms with Gasteiger partial charge in [-0.15, -0.1) is 17.6 Å². The second-order valence-electron chi connectivity index (χ2n) is 6.66. The third-order valence-corrected chi connectivity index (χ3v) is 6.15. The van der Waals surface area contributed by atoms with E-state index in [9.17, 15) is 31.5 Å². The molecule has 0 bridgehead atoms. The van der Waals surface area contributed by atoms with Crippen molar-refractivity contribution in [3.05, 3.63) is 83.9 Å². The molecule has 0 saturated heterocycles. The van der Waals surface area contributed by atoms with E-state index in [1.165, 1.54) is 30.3 Å². The molecule has 0 aliphatic carbocycles. The number of benzene rings is 3. The number of aryl methyl sites for hydroxylation is 1. The predicted octanol–water partition coefficient (Wildman–Crippen LogP) is 5.26. The fraction of sp³-hybridized carbons (Fsp3) is 0.136. The third-order valence-electron chi connectivity index (χ3n) is 4.58. The fourth-order valence-corrected chi connectivity index (χ4v) is 4.34. The molecular formula is C22H18F3NO5S. The van der Waals surface area contributed by atoms with Gasteiger partial charge in [-0.3, -0.25) is 0 Å². The van der Waals surface area contributed by atoms with Crippen LogP contribution in [0.5, 0.6) is 0 Å². The first-order valence-electron chi connectivity index (χ1n) is 9.36. The highest BCUT2D eigenvalue weighted by molar-refractivity contribution is 7.92. The molecule has 10 heteroatoms. The lowest BCUT2D eigenvalue weighted by Gasteiger charge is -2.24. The maximum Gasteiger partial charge on any atom is 0.544 e. The van der Waals surface area contributed by atoms with Crippen molar-refractivity contribution >= 4 is 21.7 Å². The van der Waals surface area contributed by atoms with Crippen LogP contribution in [0.3, 0.4) is 0 Å². The summed E-state index contributed by atoms with van der Waals surface area (Å²) >= 11 is 0. The van der Waals surface area contributed by atoms with Gasteiger partial charge in [0, 0.05) is 0 Å². The molecular weight excluding hydrogens is 447 g/mol. The topological polar surface area (TPSA) is 83.9 Å². The monoisotopic (exact) mass is 465 g/mol. The Balaban J connectivity index is 2.07. The average molecular weight is 465 g/mol. The van der Waals surface area contributed by atoms with E-state index in [-0.39, 0.29) is 10.0 Å². The highest BCUT2D eigenvalue weighted by atomic mass is 32.2. The minimum absolute atomic E-state index is 0.256. The maximum atomic E-state index is 13.1. The first-order chi connectivity index (χ1) is 15.0. The molecule has 32 heavy (non-hydrogen) atoms. The average Bonchev–Trinajstić information content (AvgIpc) is 2.77. The van der Waals surface area contributed by atoms with Crippen LogP contribution in [0.4, 0.5) is 18.9 Å². The Morgan fingerprint density at radius 2 is 1.56 bits per heavy atom. The molecule has 6 nitrogen and oxygen atoms in total. The first-order valence-corrected chi connectivity index (χ1v) is 10.8. The number of halogens is 3. The quantitative estimate of drug-likeness (QED) is 0.481. The van der Waals surface area contributed by atoms with Gasteiger partial charge in [0.15, 0.2) is 0 Å². The summed E-state index contributed by atoms with van der Waals surface area (Å²) < 4.78 is 65.1. The SMILES string of the molecule is CCc1ccc(S(=O)(=O)N(OC(F)(F)F)c2ccc(-c3ccccc3)cc2)cc1C(=O)O. The lowest BCUT2D eigenvalue weighted by molar-refractivity contribution is -0.322. The van der Waals surface area contributed by atoms with Gasteiger partial charge < -0.3 is 5.11 Å². The third kappa shape index (κ3) is 5.09. The number of nitrogens with zero attached hydrogens (tertiary/aromatic N) is 1. The summed E-state index contributed by atoms with van der Waals surface area (Å²) in [6.45, 7) is 1.67. The van der Waals surface area contributed by atoms with E-state index in [1.54, 1.807) is 37.3 Å². The zero-order chi connectivity index (χ0) is 23.5. The van der Waals surface area contributed by atoms with Crippen molar-refractivity contribution < 1.29 is 36.3 Å². The van der Waals surface area contributed by atoms with Crippen molar-refractivity contribution in [3.63, 3.8) is 0 Å². The van der Waals surface area contributed by atoms with E-state index >= 15 is 0 Å². The lowest BCUT2D eigenvalue weighted by atomic mass is 10.1. The molecule has 3 aromatic carbocycles. The molecule has 0 heterocycles. The van der Waals surface area contributed by atoms with E-state index in [0.29, 0.717) is 17.5 Å². The van der Waals surface area contributed by atoms with Gasteiger partial charge in [0.25, 0.3) is 10.0 Å². The molecule has 0 fully saturated rings. The van der Waals surface area contributed by atoms with Crippen molar-refractivity contribution in [2.45, 2.75) is 24.6 Å². The number of carbonyl (C=O) groups is 1. The van der Waals surface area contributed by atoms with E-state index in [4.69, 9.17) is 0 Å². The molecule has 0 aromatic heterocycles. The number of anilines is 1. The summed E-state index contributed by atoms with van der Waals surface area (Å²) in [7, 11) is -4.92. The molecule has 1 N–H and O–H groups in total. The Labute approximate surface area is 182 Å². The number of carboxylic acids is 1. The highest BCUT2D eigenvalue weighted by Gasteiger charge is 2.40. The number of rotatable bonds is 7. The largest absolute Gasteiger partial charge is 0.544 e. The minimum Gasteiger partial charge on any atom is -0.478 e. The molecule has 3 rings (SSSR count). The lowest BCUT2D eigenvalue weighted by Crippen LogP contribution is -2.36. The second-order valence-corrected chi connectivity index (χ2v) is 8.41. The molecule has 0 aliphatic rings. The van der Waals surface area contributed by atoms with Gasteiger partial charge >= 0.3 is 12.3 Å². The van der Waals surface area contributed by atoms with Gasteiger partial charge in [0.05, 0.1) is 16.1 Å². The van der Waals surface area contributed by atoms with Crippen molar-refractivity contribution in [2.75, 3.05) is 4.47 Å². The van der Waals surface area contributed by atoms with Gasteiger partial charge in [0.2, 0.25) is 0 Å². The number of sulfonamides is 1. The minimum atomic E-state index is -5.32. The molecule has 0 amide bonds. The van der Waals surface area contributed by atoms with Crippen LogP contribution < -0.4 is 4.47 Å². The summed E-state index contributed by atoms with van der Waals surface area (Å²) in [5, 5.41) is 9.35. The second kappa shape index (κ2) is 9.01. The molecule has 0 unspecified atom stereocenters. The van der Waals surface area contributed by atoms with Crippen LogP contribution in [0.15, 0.2) is 77.7 Å². The molecule has 168 valence electrons. The van der Waals surface area contributed by atoms with E-state index in [2.05, 4.69) is 4.84 Å². The number of carboxylic acid groups (broad SMARTS) is 1. The van der Waals surface area contributed by atoms with Crippen LogP contribution >= 0.6 is 0 Å². The molecule has 0 spiro atoms. The van der Waals surface area contributed by atoms with Crippen LogP contribution in [0, 0.1) is 0 Å². The predicted molar refractivity (Wildman–Crippen MR) is 111 cm³/mol. The smallest absolute Gasteiger partial charge is 0.478 e. The fourth-order valence-electron chi connectivity index (χ4n) is 3.06. The van der Waals surface area contributed by atoms with Gasteiger partial charge in [-0.25, -0.2) is 4.79 Å². The summed E-state index contributed by atoms with van der Waals surface area (Å²) in [5.74, 6) is -1.39. The summed E-state index contributed by atoms with van der Waals surface area (Å²) in [6, 6.07) is 17.3. The number of hydrogen-bond donors (Lipinski definition) is 1. The summed E-state index contributed by atoms with van der Waals surface area (Å²) in [6.07, 6.45) is -5.02. The van der Waals surface area contributed by atoms with Crippen LogP contribution in [0.1, 0.15) is 22.8 Å². The summed E-state index contributed by atoms with van der Waals surface area (Å²) in [5.41, 5.74) is 1.05. The normalized spacial score (nSPS) is 11.9. The van der Waals surface area contributed by atoms with Gasteiger partial charge in [-0.2, -0.15) is 13.3 Å². The van der Waals surface area contributed by atoms with E-state index in [0.717, 1.165) is 17.7 Å². The molecule has 0 saturated carbocycles. The highest BCUT2D eigenvalue weighted by Crippen LogP contribution is 2.32. The zero-order valence-corrected chi connectivity index (χ0v) is 17.5.